The van der Waals surface area contributed by atoms with Gasteiger partial charge < -0.3 is 18.5 Å². The number of rotatable bonds is 11. The van der Waals surface area contributed by atoms with Crippen molar-refractivity contribution in [2.45, 2.75) is 129 Å². The highest BCUT2D eigenvalue weighted by Gasteiger charge is 2.45. The highest BCUT2D eigenvalue weighted by Crippen LogP contribution is 2.43. The van der Waals surface area contributed by atoms with Crippen molar-refractivity contribution in [2.24, 2.45) is 5.92 Å². The van der Waals surface area contributed by atoms with Gasteiger partial charge in [0.2, 0.25) is 12.3 Å². The highest BCUT2D eigenvalue weighted by molar-refractivity contribution is 6.74. The van der Waals surface area contributed by atoms with Gasteiger partial charge in [0.25, 0.3) is 0 Å². The molecule has 1 heterocycles. The zero-order valence-electron chi connectivity index (χ0n) is 21.7. The maximum absolute atomic E-state index is 12.5. The molecule has 1 saturated carbocycles. The van der Waals surface area contributed by atoms with E-state index in [1.54, 1.807) is 0 Å². The number of hydrogen-bond donors (Lipinski definition) is 0. The molecule has 2 rings (SSSR count). The van der Waals surface area contributed by atoms with Crippen molar-refractivity contribution in [1.82, 2.24) is 15.1 Å². The zero-order valence-corrected chi connectivity index (χ0v) is 22.7. The Kier molecular flexibility index (Phi) is 9.34. The van der Waals surface area contributed by atoms with Crippen LogP contribution in [0.15, 0.2) is 4.42 Å². The van der Waals surface area contributed by atoms with Gasteiger partial charge in [0, 0.05) is 6.04 Å². The number of nitrogens with zero attached hydrogens (tertiary/aromatic N) is 3. The van der Waals surface area contributed by atoms with E-state index in [2.05, 4.69) is 57.9 Å². The zero-order chi connectivity index (χ0) is 24.1. The molecule has 1 amide bonds. The van der Waals surface area contributed by atoms with Gasteiger partial charge in [-0.25, -0.2) is 0 Å². The summed E-state index contributed by atoms with van der Waals surface area (Å²) in [5.41, 5.74) is 0. The molecule has 184 valence electrons. The van der Waals surface area contributed by atoms with Gasteiger partial charge in [0.15, 0.2) is 8.32 Å². The summed E-state index contributed by atoms with van der Waals surface area (Å²) >= 11 is 0. The molecule has 2 atom stereocenters. The van der Waals surface area contributed by atoms with E-state index in [4.69, 9.17) is 13.6 Å². The molecule has 0 aromatic carbocycles. The van der Waals surface area contributed by atoms with Crippen molar-refractivity contribution >= 4 is 14.7 Å². The molecule has 1 aliphatic carbocycles. The lowest BCUT2D eigenvalue weighted by Gasteiger charge is -2.45. The lowest BCUT2D eigenvalue weighted by atomic mass is 9.90. The second kappa shape index (κ2) is 11.1. The van der Waals surface area contributed by atoms with Gasteiger partial charge in [-0.15, -0.1) is 5.10 Å². The average Bonchev–Trinajstić information content (AvgIpc) is 3.13. The number of ether oxygens (including phenoxy) is 1. The van der Waals surface area contributed by atoms with Crippen LogP contribution in [-0.4, -0.2) is 48.0 Å². The third kappa shape index (κ3) is 7.04. The first kappa shape index (κ1) is 26.8. The molecule has 0 radical (unpaired) electrons. The van der Waals surface area contributed by atoms with Gasteiger partial charge in [-0.2, -0.15) is 0 Å². The second-order valence-electron chi connectivity index (χ2n) is 11.4. The third-order valence-electron chi connectivity index (χ3n) is 6.79. The van der Waals surface area contributed by atoms with Crippen molar-refractivity contribution in [3.8, 4) is 6.08 Å². The van der Waals surface area contributed by atoms with Gasteiger partial charge in [0.1, 0.15) is 6.10 Å². The first-order chi connectivity index (χ1) is 14.9. The van der Waals surface area contributed by atoms with Crippen LogP contribution in [0.5, 0.6) is 6.08 Å². The summed E-state index contributed by atoms with van der Waals surface area (Å²) in [6.45, 7) is 19.3. The van der Waals surface area contributed by atoms with Crippen molar-refractivity contribution < 1.29 is 18.4 Å². The van der Waals surface area contributed by atoms with E-state index in [0.717, 1.165) is 38.5 Å². The van der Waals surface area contributed by atoms with Crippen LogP contribution in [0.1, 0.15) is 99.0 Å². The van der Waals surface area contributed by atoms with Gasteiger partial charge in [-0.05, 0) is 57.2 Å². The van der Waals surface area contributed by atoms with Crippen molar-refractivity contribution in [3.05, 3.63) is 5.89 Å². The van der Waals surface area contributed by atoms with Crippen molar-refractivity contribution in [2.75, 3.05) is 0 Å². The molecule has 0 spiro atoms. The van der Waals surface area contributed by atoms with Gasteiger partial charge >= 0.3 is 6.08 Å². The first-order valence-electron chi connectivity index (χ1n) is 12.3. The Balaban J connectivity index is 2.49. The molecule has 1 unspecified atom stereocenters. The fraction of sp³-hybridized carbons (Fsp3) is 0.875. The summed E-state index contributed by atoms with van der Waals surface area (Å²) < 4.78 is 18.5. The van der Waals surface area contributed by atoms with Crippen LogP contribution < -0.4 is 4.74 Å². The van der Waals surface area contributed by atoms with E-state index in [-0.39, 0.29) is 29.3 Å². The average molecular weight is 468 g/mol. The molecule has 0 bridgehead atoms. The topological polar surface area (TPSA) is 77.7 Å². The van der Waals surface area contributed by atoms with Gasteiger partial charge in [-0.3, -0.25) is 4.79 Å². The van der Waals surface area contributed by atoms with Gasteiger partial charge in [-0.1, -0.05) is 59.0 Å². The van der Waals surface area contributed by atoms with Crippen LogP contribution in [0.25, 0.3) is 0 Å². The number of carbonyl (C=O) groups excluding carboxylic acids is 1. The Morgan fingerprint density at radius 2 is 1.75 bits per heavy atom. The minimum Gasteiger partial charge on any atom is -0.446 e. The molecular weight excluding hydrogens is 422 g/mol. The summed E-state index contributed by atoms with van der Waals surface area (Å²) in [4.78, 5) is 14.5. The fourth-order valence-electron chi connectivity index (χ4n) is 4.07. The molecule has 0 saturated heterocycles. The monoisotopic (exact) mass is 467 g/mol. The lowest BCUT2D eigenvalue weighted by molar-refractivity contribution is -0.127. The molecule has 8 heteroatoms. The molecule has 7 nitrogen and oxygen atoms in total. The van der Waals surface area contributed by atoms with Crippen LogP contribution >= 0.6 is 0 Å². The molecule has 0 aliphatic heterocycles. The number of hydrogen-bond acceptors (Lipinski definition) is 6. The van der Waals surface area contributed by atoms with Crippen molar-refractivity contribution in [1.29, 1.82) is 0 Å². The quantitative estimate of drug-likeness (QED) is 0.288. The Labute approximate surface area is 195 Å². The van der Waals surface area contributed by atoms with Crippen LogP contribution in [0, 0.1) is 5.92 Å². The second-order valence-corrected chi connectivity index (χ2v) is 16.2. The smallest absolute Gasteiger partial charge is 0.414 e. The summed E-state index contributed by atoms with van der Waals surface area (Å²) in [7, 11) is -2.21. The molecule has 1 fully saturated rings. The lowest BCUT2D eigenvalue weighted by Crippen LogP contribution is -2.51. The summed E-state index contributed by atoms with van der Waals surface area (Å²) in [6.07, 6.45) is 7.04. The highest BCUT2D eigenvalue weighted by atomic mass is 28.4. The maximum atomic E-state index is 12.5. The SMILES string of the molecule is CC(C)C[C@@H](C(O[Si](C)(C)C(C)(C)C)c1nnc(OC(C)C)o1)N(C=O)C1CCCCC1. The molecule has 32 heavy (non-hydrogen) atoms. The van der Waals surface area contributed by atoms with Crippen LogP contribution in [-0.2, 0) is 9.22 Å². The van der Waals surface area contributed by atoms with E-state index < -0.39 is 14.4 Å². The summed E-state index contributed by atoms with van der Waals surface area (Å²) in [5, 5.41) is 8.46. The van der Waals surface area contributed by atoms with Crippen LogP contribution in [0.2, 0.25) is 18.1 Å². The third-order valence-corrected chi connectivity index (χ3v) is 11.2. The van der Waals surface area contributed by atoms with Crippen LogP contribution in [0.3, 0.4) is 0 Å². The largest absolute Gasteiger partial charge is 0.446 e. The standard InChI is InChI=1S/C24H45N3O4Si/c1-17(2)15-20(27(16-28)19-13-11-10-12-14-19)21(31-32(8,9)24(5,6)7)22-25-26-23(30-22)29-18(3)4/h16-21H,10-15H2,1-9H3/t20-,21?/m0/s1. The predicted molar refractivity (Wildman–Crippen MR) is 129 cm³/mol. The van der Waals surface area contributed by atoms with E-state index in [9.17, 15) is 4.79 Å². The summed E-state index contributed by atoms with van der Waals surface area (Å²) in [6, 6.07) is 0.0573. The van der Waals surface area contributed by atoms with Crippen molar-refractivity contribution in [3.63, 3.8) is 0 Å². The predicted octanol–water partition coefficient (Wildman–Crippen LogP) is 6.13. The Bertz CT molecular complexity index is 708. The Morgan fingerprint density at radius 1 is 1.12 bits per heavy atom. The van der Waals surface area contributed by atoms with Gasteiger partial charge in [0.05, 0.1) is 12.1 Å². The molecule has 0 N–H and O–H groups in total. The minimum atomic E-state index is -2.21. The fourth-order valence-corrected chi connectivity index (χ4v) is 5.32. The van der Waals surface area contributed by atoms with E-state index in [1.807, 2.05) is 18.7 Å². The first-order valence-corrected chi connectivity index (χ1v) is 15.2. The number of carbonyl (C=O) groups is 1. The Hall–Kier alpha value is -1.41. The van der Waals surface area contributed by atoms with E-state index in [0.29, 0.717) is 11.8 Å². The maximum Gasteiger partial charge on any atom is 0.414 e. The van der Waals surface area contributed by atoms with Crippen LogP contribution in [0.4, 0.5) is 0 Å². The molecule has 1 aromatic heterocycles. The Morgan fingerprint density at radius 3 is 2.25 bits per heavy atom. The number of aromatic nitrogens is 2. The van der Waals surface area contributed by atoms with E-state index >= 15 is 0 Å². The normalized spacial score (nSPS) is 18.1. The van der Waals surface area contributed by atoms with E-state index in [1.165, 1.54) is 6.42 Å². The number of amides is 1. The molecule has 1 aromatic rings. The minimum absolute atomic E-state index is 0.00175. The molecule has 1 aliphatic rings. The summed E-state index contributed by atoms with van der Waals surface area (Å²) in [5.74, 6) is 0.782. The molecular formula is C24H45N3O4Si.